The van der Waals surface area contributed by atoms with Crippen molar-refractivity contribution >= 4 is 22.9 Å². The molecule has 0 aliphatic carbocycles. The van der Waals surface area contributed by atoms with Crippen molar-refractivity contribution in [3.05, 3.63) is 78.1 Å². The highest BCUT2D eigenvalue weighted by Crippen LogP contribution is 2.34. The Labute approximate surface area is 148 Å². The monoisotopic (exact) mass is 347 g/mol. The second-order valence-corrected chi connectivity index (χ2v) is 6.23. The number of anilines is 1. The van der Waals surface area contributed by atoms with Crippen LogP contribution < -0.4 is 5.32 Å². The molecule has 0 spiro atoms. The number of carbonyl (C=O) groups is 1. The lowest BCUT2D eigenvalue weighted by Crippen LogP contribution is -2.11. The van der Waals surface area contributed by atoms with Gasteiger partial charge in [0.1, 0.15) is 4.88 Å². The molecule has 1 aromatic carbocycles. The van der Waals surface area contributed by atoms with Crippen LogP contribution in [-0.2, 0) is 0 Å². The van der Waals surface area contributed by atoms with E-state index in [2.05, 4.69) is 15.3 Å². The molecule has 0 saturated carbocycles. The maximum absolute atomic E-state index is 12.8. The quantitative estimate of drug-likeness (QED) is 0.580. The minimum atomic E-state index is -0.220. The summed E-state index contributed by atoms with van der Waals surface area (Å²) < 4.78 is 5.43. The minimum absolute atomic E-state index is 0.220. The SMILES string of the molecule is O=C(Nc1cccnc1)c1sc(-c2ccco2)nc1-c1ccccc1. The molecule has 122 valence electrons. The van der Waals surface area contributed by atoms with Gasteiger partial charge in [0.25, 0.3) is 5.91 Å². The molecule has 3 aromatic heterocycles. The number of pyridine rings is 1. The molecule has 0 radical (unpaired) electrons. The highest BCUT2D eigenvalue weighted by molar-refractivity contribution is 7.17. The normalized spacial score (nSPS) is 10.6. The molecule has 1 amide bonds. The van der Waals surface area contributed by atoms with Gasteiger partial charge in [0.2, 0.25) is 0 Å². The van der Waals surface area contributed by atoms with Crippen LogP contribution in [0, 0.1) is 0 Å². The van der Waals surface area contributed by atoms with Crippen LogP contribution in [0.15, 0.2) is 77.7 Å². The number of thiazole rings is 1. The maximum Gasteiger partial charge on any atom is 0.268 e. The van der Waals surface area contributed by atoms with Crippen molar-refractivity contribution in [1.29, 1.82) is 0 Å². The number of carbonyl (C=O) groups excluding carboxylic acids is 1. The van der Waals surface area contributed by atoms with Gasteiger partial charge in [0, 0.05) is 11.8 Å². The van der Waals surface area contributed by atoms with E-state index in [4.69, 9.17) is 4.42 Å². The minimum Gasteiger partial charge on any atom is -0.462 e. The number of rotatable bonds is 4. The molecular formula is C19H13N3O2S. The van der Waals surface area contributed by atoms with Gasteiger partial charge in [-0.3, -0.25) is 9.78 Å². The van der Waals surface area contributed by atoms with Gasteiger partial charge in [-0.05, 0) is 24.3 Å². The zero-order valence-corrected chi connectivity index (χ0v) is 13.9. The van der Waals surface area contributed by atoms with Crippen LogP contribution in [-0.4, -0.2) is 15.9 Å². The third-order valence-corrected chi connectivity index (χ3v) is 4.60. The average Bonchev–Trinajstić information content (AvgIpc) is 3.33. The first-order valence-corrected chi connectivity index (χ1v) is 8.44. The molecular weight excluding hydrogens is 334 g/mol. The van der Waals surface area contributed by atoms with E-state index in [1.165, 1.54) is 11.3 Å². The van der Waals surface area contributed by atoms with Gasteiger partial charge in [-0.15, -0.1) is 11.3 Å². The lowest BCUT2D eigenvalue weighted by molar-refractivity contribution is 0.103. The Morgan fingerprint density at radius 3 is 2.64 bits per heavy atom. The van der Waals surface area contributed by atoms with E-state index < -0.39 is 0 Å². The third kappa shape index (κ3) is 3.20. The number of hydrogen-bond donors (Lipinski definition) is 1. The van der Waals surface area contributed by atoms with Crippen LogP contribution in [0.4, 0.5) is 5.69 Å². The molecule has 0 atom stereocenters. The predicted molar refractivity (Wildman–Crippen MR) is 97.4 cm³/mol. The molecule has 4 rings (SSSR count). The number of benzene rings is 1. The Kier molecular flexibility index (Phi) is 4.10. The van der Waals surface area contributed by atoms with Gasteiger partial charge in [-0.1, -0.05) is 30.3 Å². The van der Waals surface area contributed by atoms with Gasteiger partial charge >= 0.3 is 0 Å². The number of aromatic nitrogens is 2. The van der Waals surface area contributed by atoms with Gasteiger partial charge < -0.3 is 9.73 Å². The first kappa shape index (κ1) is 15.3. The zero-order valence-electron chi connectivity index (χ0n) is 13.0. The van der Waals surface area contributed by atoms with Gasteiger partial charge in [0.15, 0.2) is 10.8 Å². The summed E-state index contributed by atoms with van der Waals surface area (Å²) in [7, 11) is 0. The predicted octanol–water partition coefficient (Wildman–Crippen LogP) is 4.72. The smallest absolute Gasteiger partial charge is 0.268 e. The Balaban J connectivity index is 1.76. The van der Waals surface area contributed by atoms with E-state index in [0.29, 0.717) is 27.0 Å². The number of furan rings is 1. The number of nitrogens with zero attached hydrogens (tertiary/aromatic N) is 2. The van der Waals surface area contributed by atoms with Crippen molar-refractivity contribution in [2.75, 3.05) is 5.32 Å². The molecule has 6 heteroatoms. The maximum atomic E-state index is 12.8. The van der Waals surface area contributed by atoms with Gasteiger partial charge in [-0.2, -0.15) is 0 Å². The second-order valence-electron chi connectivity index (χ2n) is 5.24. The molecule has 0 fully saturated rings. The van der Waals surface area contributed by atoms with Crippen molar-refractivity contribution in [3.63, 3.8) is 0 Å². The van der Waals surface area contributed by atoms with E-state index in [9.17, 15) is 4.79 Å². The van der Waals surface area contributed by atoms with Crippen LogP contribution >= 0.6 is 11.3 Å². The summed E-state index contributed by atoms with van der Waals surface area (Å²) in [5.41, 5.74) is 2.16. The van der Waals surface area contributed by atoms with E-state index in [0.717, 1.165) is 5.56 Å². The number of amides is 1. The van der Waals surface area contributed by atoms with Crippen molar-refractivity contribution < 1.29 is 9.21 Å². The fraction of sp³-hybridized carbons (Fsp3) is 0. The summed E-state index contributed by atoms with van der Waals surface area (Å²) in [6.45, 7) is 0. The average molecular weight is 347 g/mol. The molecule has 3 heterocycles. The van der Waals surface area contributed by atoms with Crippen LogP contribution in [0.5, 0.6) is 0 Å². The van der Waals surface area contributed by atoms with E-state index in [-0.39, 0.29) is 5.91 Å². The van der Waals surface area contributed by atoms with Crippen LogP contribution in [0.25, 0.3) is 22.0 Å². The second kappa shape index (κ2) is 6.70. The van der Waals surface area contributed by atoms with Crippen molar-refractivity contribution in [1.82, 2.24) is 9.97 Å². The van der Waals surface area contributed by atoms with E-state index >= 15 is 0 Å². The van der Waals surface area contributed by atoms with E-state index in [1.807, 2.05) is 36.4 Å². The van der Waals surface area contributed by atoms with Crippen molar-refractivity contribution in [2.45, 2.75) is 0 Å². The summed E-state index contributed by atoms with van der Waals surface area (Å²) in [4.78, 5) is 22.0. The lowest BCUT2D eigenvalue weighted by Gasteiger charge is -2.04. The summed E-state index contributed by atoms with van der Waals surface area (Å²) in [5, 5.41) is 3.53. The zero-order chi connectivity index (χ0) is 17.1. The Morgan fingerprint density at radius 2 is 1.92 bits per heavy atom. The molecule has 0 unspecified atom stereocenters. The first-order valence-electron chi connectivity index (χ1n) is 7.63. The van der Waals surface area contributed by atoms with Gasteiger partial charge in [0.05, 0.1) is 23.8 Å². The van der Waals surface area contributed by atoms with Gasteiger partial charge in [-0.25, -0.2) is 4.98 Å². The summed E-state index contributed by atoms with van der Waals surface area (Å²) in [6.07, 6.45) is 4.86. The fourth-order valence-corrected chi connectivity index (χ4v) is 3.35. The Hall–Kier alpha value is -3.25. The van der Waals surface area contributed by atoms with Crippen LogP contribution in [0.1, 0.15) is 9.67 Å². The first-order chi connectivity index (χ1) is 12.3. The highest BCUT2D eigenvalue weighted by atomic mass is 32.1. The van der Waals surface area contributed by atoms with Crippen LogP contribution in [0.3, 0.4) is 0 Å². The summed E-state index contributed by atoms with van der Waals surface area (Å²) in [6, 6.07) is 16.8. The topological polar surface area (TPSA) is 68.0 Å². The molecule has 0 aliphatic rings. The fourth-order valence-electron chi connectivity index (χ4n) is 2.40. The molecule has 25 heavy (non-hydrogen) atoms. The standard InChI is InChI=1S/C19H13N3O2S/c23-18(21-14-8-4-10-20-12-14)17-16(13-6-2-1-3-7-13)22-19(25-17)15-9-5-11-24-15/h1-12H,(H,21,23). The Bertz CT molecular complexity index is 980. The molecule has 5 nitrogen and oxygen atoms in total. The number of hydrogen-bond acceptors (Lipinski definition) is 5. The summed E-state index contributed by atoms with van der Waals surface area (Å²) in [5.74, 6) is 0.421. The molecule has 4 aromatic rings. The number of nitrogens with one attached hydrogen (secondary N) is 1. The van der Waals surface area contributed by atoms with Crippen molar-refractivity contribution in [2.24, 2.45) is 0 Å². The Morgan fingerprint density at radius 1 is 1.04 bits per heavy atom. The molecule has 0 saturated heterocycles. The highest BCUT2D eigenvalue weighted by Gasteiger charge is 2.21. The van der Waals surface area contributed by atoms with Crippen molar-refractivity contribution in [3.8, 4) is 22.0 Å². The van der Waals surface area contributed by atoms with E-state index in [1.54, 1.807) is 36.9 Å². The van der Waals surface area contributed by atoms with Crippen LogP contribution in [0.2, 0.25) is 0 Å². The third-order valence-electron chi connectivity index (χ3n) is 3.53. The molecule has 0 bridgehead atoms. The largest absolute Gasteiger partial charge is 0.462 e. The lowest BCUT2D eigenvalue weighted by atomic mass is 10.1. The summed E-state index contributed by atoms with van der Waals surface area (Å²) >= 11 is 1.30. The molecule has 1 N–H and O–H groups in total. The molecule has 0 aliphatic heterocycles.